The van der Waals surface area contributed by atoms with Gasteiger partial charge in [0.1, 0.15) is 11.6 Å². The van der Waals surface area contributed by atoms with Gasteiger partial charge in [-0.3, -0.25) is 9.69 Å². The molecule has 1 aromatic heterocycles. The van der Waals surface area contributed by atoms with Gasteiger partial charge in [-0.25, -0.2) is 9.37 Å². The van der Waals surface area contributed by atoms with Crippen LogP contribution in [-0.2, 0) is 0 Å². The molecule has 0 atom stereocenters. The number of anilines is 2. The number of amides is 1. The minimum absolute atomic E-state index is 0.285. The zero-order chi connectivity index (χ0) is 17.6. The SMILES string of the molecule is C=CCN1CCN(c2ccc(NC(=O)c3ccc(F)cc3)cn2)CC1. The van der Waals surface area contributed by atoms with Crippen LogP contribution in [0.1, 0.15) is 10.4 Å². The van der Waals surface area contributed by atoms with Gasteiger partial charge in [0.05, 0.1) is 11.9 Å². The summed E-state index contributed by atoms with van der Waals surface area (Å²) in [6.07, 6.45) is 3.57. The number of piperazine rings is 1. The first-order valence-corrected chi connectivity index (χ1v) is 8.27. The number of hydrogen-bond acceptors (Lipinski definition) is 4. The maximum atomic E-state index is 12.9. The molecular formula is C19H21FN4O. The fourth-order valence-corrected chi connectivity index (χ4v) is 2.79. The van der Waals surface area contributed by atoms with E-state index < -0.39 is 0 Å². The van der Waals surface area contributed by atoms with Crippen molar-refractivity contribution >= 4 is 17.4 Å². The third-order valence-electron chi connectivity index (χ3n) is 4.20. The molecule has 2 aromatic rings. The Balaban J connectivity index is 1.58. The molecule has 5 nitrogen and oxygen atoms in total. The second-order valence-electron chi connectivity index (χ2n) is 5.94. The molecule has 2 heterocycles. The van der Waals surface area contributed by atoms with Crippen molar-refractivity contribution in [2.45, 2.75) is 0 Å². The molecule has 0 aliphatic carbocycles. The molecule has 0 bridgehead atoms. The summed E-state index contributed by atoms with van der Waals surface area (Å²) in [5.41, 5.74) is 1.02. The van der Waals surface area contributed by atoms with Crippen molar-refractivity contribution in [3.63, 3.8) is 0 Å². The van der Waals surface area contributed by atoms with Crippen molar-refractivity contribution in [1.29, 1.82) is 0 Å². The van der Waals surface area contributed by atoms with Crippen molar-refractivity contribution in [3.05, 3.63) is 66.6 Å². The van der Waals surface area contributed by atoms with Gasteiger partial charge in [-0.15, -0.1) is 6.58 Å². The number of benzene rings is 1. The van der Waals surface area contributed by atoms with Crippen molar-refractivity contribution < 1.29 is 9.18 Å². The summed E-state index contributed by atoms with van der Waals surface area (Å²) in [6, 6.07) is 9.18. The predicted molar refractivity (Wildman–Crippen MR) is 97.4 cm³/mol. The van der Waals surface area contributed by atoms with Gasteiger partial charge in [0.15, 0.2) is 0 Å². The molecule has 1 aromatic carbocycles. The van der Waals surface area contributed by atoms with E-state index in [1.54, 1.807) is 6.20 Å². The van der Waals surface area contributed by atoms with Crippen LogP contribution in [0, 0.1) is 5.82 Å². The Kier molecular flexibility index (Phi) is 5.40. The lowest BCUT2D eigenvalue weighted by Crippen LogP contribution is -2.46. The van der Waals surface area contributed by atoms with E-state index in [1.807, 2.05) is 18.2 Å². The Morgan fingerprint density at radius 1 is 1.16 bits per heavy atom. The lowest BCUT2D eigenvalue weighted by atomic mass is 10.2. The highest BCUT2D eigenvalue weighted by atomic mass is 19.1. The Bertz CT molecular complexity index is 722. The molecule has 3 rings (SSSR count). The number of halogens is 1. The molecule has 1 aliphatic rings. The van der Waals surface area contributed by atoms with Crippen LogP contribution in [0.25, 0.3) is 0 Å². The van der Waals surface area contributed by atoms with E-state index in [1.165, 1.54) is 24.3 Å². The van der Waals surface area contributed by atoms with Crippen molar-refractivity contribution in [3.8, 4) is 0 Å². The summed E-state index contributed by atoms with van der Waals surface area (Å²) in [5.74, 6) is 0.251. The van der Waals surface area contributed by atoms with E-state index in [2.05, 4.69) is 26.7 Å². The van der Waals surface area contributed by atoms with Crippen LogP contribution < -0.4 is 10.2 Å². The van der Waals surface area contributed by atoms with Gasteiger partial charge >= 0.3 is 0 Å². The fourth-order valence-electron chi connectivity index (χ4n) is 2.79. The smallest absolute Gasteiger partial charge is 0.255 e. The standard InChI is InChI=1S/C19H21FN4O/c1-2-9-23-10-12-24(13-11-23)18-8-7-17(14-21-18)22-19(25)15-3-5-16(20)6-4-15/h2-8,14H,1,9-13H2,(H,22,25). The zero-order valence-corrected chi connectivity index (χ0v) is 14.0. The molecule has 0 saturated carbocycles. The molecule has 0 spiro atoms. The van der Waals surface area contributed by atoms with Crippen LogP contribution in [0.3, 0.4) is 0 Å². The molecule has 25 heavy (non-hydrogen) atoms. The Labute approximate surface area is 146 Å². The monoisotopic (exact) mass is 340 g/mol. The largest absolute Gasteiger partial charge is 0.354 e. The Hall–Kier alpha value is -2.73. The topological polar surface area (TPSA) is 48.5 Å². The van der Waals surface area contributed by atoms with E-state index in [4.69, 9.17) is 0 Å². The van der Waals surface area contributed by atoms with E-state index >= 15 is 0 Å². The molecule has 1 N–H and O–H groups in total. The van der Waals surface area contributed by atoms with E-state index in [-0.39, 0.29) is 11.7 Å². The molecular weight excluding hydrogens is 319 g/mol. The lowest BCUT2D eigenvalue weighted by molar-refractivity contribution is 0.102. The van der Waals surface area contributed by atoms with E-state index in [0.29, 0.717) is 11.3 Å². The second-order valence-corrected chi connectivity index (χ2v) is 5.94. The average Bonchev–Trinajstić information content (AvgIpc) is 2.64. The minimum atomic E-state index is -0.365. The summed E-state index contributed by atoms with van der Waals surface area (Å²) >= 11 is 0. The normalized spacial score (nSPS) is 15.0. The minimum Gasteiger partial charge on any atom is -0.354 e. The van der Waals surface area contributed by atoms with Gasteiger partial charge < -0.3 is 10.2 Å². The summed E-state index contributed by atoms with van der Waals surface area (Å²) in [5, 5.41) is 2.77. The summed E-state index contributed by atoms with van der Waals surface area (Å²) in [7, 11) is 0. The van der Waals surface area contributed by atoms with Gasteiger partial charge in [0, 0.05) is 38.3 Å². The number of pyridine rings is 1. The lowest BCUT2D eigenvalue weighted by Gasteiger charge is -2.34. The van der Waals surface area contributed by atoms with Crippen LogP contribution in [-0.4, -0.2) is 48.5 Å². The molecule has 130 valence electrons. The van der Waals surface area contributed by atoms with E-state index in [9.17, 15) is 9.18 Å². The van der Waals surface area contributed by atoms with Crippen molar-refractivity contribution in [2.75, 3.05) is 42.9 Å². The molecule has 6 heteroatoms. The maximum absolute atomic E-state index is 12.9. The number of nitrogens with one attached hydrogen (secondary N) is 1. The van der Waals surface area contributed by atoms with Crippen LogP contribution in [0.5, 0.6) is 0 Å². The second kappa shape index (κ2) is 7.90. The van der Waals surface area contributed by atoms with Gasteiger partial charge in [-0.1, -0.05) is 6.08 Å². The number of hydrogen-bond donors (Lipinski definition) is 1. The maximum Gasteiger partial charge on any atom is 0.255 e. The summed E-state index contributed by atoms with van der Waals surface area (Å²) in [4.78, 5) is 21.1. The summed E-state index contributed by atoms with van der Waals surface area (Å²) < 4.78 is 12.9. The van der Waals surface area contributed by atoms with Gasteiger partial charge in [0.25, 0.3) is 5.91 Å². The molecule has 1 amide bonds. The van der Waals surface area contributed by atoms with E-state index in [0.717, 1.165) is 38.5 Å². The quantitative estimate of drug-likeness (QED) is 0.851. The molecule has 0 unspecified atom stereocenters. The van der Waals surface area contributed by atoms with Crippen LogP contribution in [0.2, 0.25) is 0 Å². The summed E-state index contributed by atoms with van der Waals surface area (Å²) in [6.45, 7) is 8.49. The fraction of sp³-hybridized carbons (Fsp3) is 0.263. The Morgan fingerprint density at radius 3 is 2.48 bits per heavy atom. The predicted octanol–water partition coefficient (Wildman–Crippen LogP) is 2.78. The molecule has 0 radical (unpaired) electrons. The van der Waals surface area contributed by atoms with Crippen LogP contribution in [0.15, 0.2) is 55.3 Å². The third kappa shape index (κ3) is 4.42. The number of nitrogens with zero attached hydrogens (tertiary/aromatic N) is 3. The van der Waals surface area contributed by atoms with Gasteiger partial charge in [0.2, 0.25) is 0 Å². The number of aromatic nitrogens is 1. The Morgan fingerprint density at radius 2 is 1.88 bits per heavy atom. The number of carbonyl (C=O) groups is 1. The average molecular weight is 340 g/mol. The van der Waals surface area contributed by atoms with Gasteiger partial charge in [-0.05, 0) is 36.4 Å². The highest BCUT2D eigenvalue weighted by Crippen LogP contribution is 2.17. The van der Waals surface area contributed by atoms with Crippen LogP contribution >= 0.6 is 0 Å². The number of carbonyl (C=O) groups excluding carboxylic acids is 1. The first-order chi connectivity index (χ1) is 12.2. The van der Waals surface area contributed by atoms with Crippen molar-refractivity contribution in [2.24, 2.45) is 0 Å². The van der Waals surface area contributed by atoms with Gasteiger partial charge in [-0.2, -0.15) is 0 Å². The highest BCUT2D eigenvalue weighted by Gasteiger charge is 2.17. The first-order valence-electron chi connectivity index (χ1n) is 8.27. The first kappa shape index (κ1) is 17.1. The zero-order valence-electron chi connectivity index (χ0n) is 14.0. The highest BCUT2D eigenvalue weighted by molar-refractivity contribution is 6.04. The van der Waals surface area contributed by atoms with Crippen LogP contribution in [0.4, 0.5) is 15.9 Å². The number of rotatable bonds is 5. The van der Waals surface area contributed by atoms with Crippen molar-refractivity contribution in [1.82, 2.24) is 9.88 Å². The molecule has 1 fully saturated rings. The molecule has 1 saturated heterocycles. The molecule has 1 aliphatic heterocycles. The third-order valence-corrected chi connectivity index (χ3v) is 4.20.